The van der Waals surface area contributed by atoms with Gasteiger partial charge in [-0.05, 0) is 59.0 Å². The molecule has 0 fully saturated rings. The Hall–Kier alpha value is -0.600. The van der Waals surface area contributed by atoms with Crippen LogP contribution in [0.4, 0.5) is 0 Å². The van der Waals surface area contributed by atoms with Crippen molar-refractivity contribution in [2.45, 2.75) is 135 Å². The highest BCUT2D eigenvalue weighted by molar-refractivity contribution is 4.92. The third-order valence-corrected chi connectivity index (χ3v) is 6.17. The SMILES string of the molecule is CCCCCC=CCC=CCCCCCCCCC[C@H](COCCCCCC)N(C)C. The lowest BCUT2D eigenvalue weighted by Gasteiger charge is -2.24. The molecule has 0 aromatic rings. The van der Waals surface area contributed by atoms with Crippen molar-refractivity contribution < 1.29 is 4.74 Å². The summed E-state index contributed by atoms with van der Waals surface area (Å²) in [5.74, 6) is 0. The van der Waals surface area contributed by atoms with Crippen LogP contribution in [0.2, 0.25) is 0 Å². The maximum Gasteiger partial charge on any atom is 0.0621 e. The van der Waals surface area contributed by atoms with Crippen LogP contribution in [0.25, 0.3) is 0 Å². The molecule has 0 heterocycles. The lowest BCUT2D eigenvalue weighted by atomic mass is 10.0. The van der Waals surface area contributed by atoms with E-state index >= 15 is 0 Å². The maximum absolute atomic E-state index is 5.94. The molecule has 0 bridgehead atoms. The average molecular weight is 436 g/mol. The van der Waals surface area contributed by atoms with Gasteiger partial charge in [0.05, 0.1) is 6.61 Å². The summed E-state index contributed by atoms with van der Waals surface area (Å²) in [5, 5.41) is 0. The van der Waals surface area contributed by atoms with E-state index in [-0.39, 0.29) is 0 Å². The molecule has 0 saturated carbocycles. The van der Waals surface area contributed by atoms with Crippen LogP contribution in [0.1, 0.15) is 129 Å². The van der Waals surface area contributed by atoms with Gasteiger partial charge in [-0.2, -0.15) is 0 Å². The molecule has 2 heteroatoms. The Balaban J connectivity index is 3.45. The van der Waals surface area contributed by atoms with E-state index in [1.54, 1.807) is 0 Å². The molecular formula is C29H57NO. The summed E-state index contributed by atoms with van der Waals surface area (Å²) in [6.07, 6.45) is 33.2. The van der Waals surface area contributed by atoms with Gasteiger partial charge in [-0.3, -0.25) is 0 Å². The number of nitrogens with zero attached hydrogens (tertiary/aromatic N) is 1. The summed E-state index contributed by atoms with van der Waals surface area (Å²) < 4.78 is 5.94. The molecule has 184 valence electrons. The van der Waals surface area contributed by atoms with E-state index in [4.69, 9.17) is 4.74 Å². The quantitative estimate of drug-likeness (QED) is 0.111. The second-order valence-corrected chi connectivity index (χ2v) is 9.48. The smallest absolute Gasteiger partial charge is 0.0621 e. The van der Waals surface area contributed by atoms with Crippen LogP contribution in [-0.4, -0.2) is 38.3 Å². The highest BCUT2D eigenvalue weighted by Gasteiger charge is 2.11. The van der Waals surface area contributed by atoms with Crippen molar-refractivity contribution in [1.82, 2.24) is 4.90 Å². The van der Waals surface area contributed by atoms with Gasteiger partial charge in [-0.1, -0.05) is 109 Å². The second kappa shape index (κ2) is 25.7. The summed E-state index contributed by atoms with van der Waals surface area (Å²) >= 11 is 0. The van der Waals surface area contributed by atoms with Gasteiger partial charge < -0.3 is 9.64 Å². The molecule has 1 atom stereocenters. The summed E-state index contributed by atoms with van der Waals surface area (Å²) in [5.41, 5.74) is 0. The molecule has 0 rings (SSSR count). The Bertz CT molecular complexity index is 388. The molecule has 0 aliphatic carbocycles. The van der Waals surface area contributed by atoms with Gasteiger partial charge in [-0.15, -0.1) is 0 Å². The normalized spacial score (nSPS) is 13.2. The van der Waals surface area contributed by atoms with Crippen molar-refractivity contribution >= 4 is 0 Å². The molecule has 31 heavy (non-hydrogen) atoms. The van der Waals surface area contributed by atoms with Crippen molar-refractivity contribution in [3.63, 3.8) is 0 Å². The minimum atomic E-state index is 0.587. The molecule has 0 radical (unpaired) electrons. The van der Waals surface area contributed by atoms with Crippen LogP contribution in [0, 0.1) is 0 Å². The Kier molecular flexibility index (Phi) is 25.2. The molecule has 0 aliphatic rings. The zero-order valence-corrected chi connectivity index (χ0v) is 21.9. The molecule has 0 saturated heterocycles. The fourth-order valence-electron chi connectivity index (χ4n) is 3.89. The van der Waals surface area contributed by atoms with E-state index in [9.17, 15) is 0 Å². The predicted octanol–water partition coefficient (Wildman–Crippen LogP) is 9.11. The zero-order chi connectivity index (χ0) is 22.8. The summed E-state index contributed by atoms with van der Waals surface area (Å²) in [7, 11) is 4.40. The predicted molar refractivity (Wildman–Crippen MR) is 141 cm³/mol. The molecule has 0 unspecified atom stereocenters. The standard InChI is InChI=1S/C29H57NO/c1-5-7-9-11-12-13-14-15-16-17-18-19-20-21-22-23-24-26-29(30(3)4)28-31-27-25-10-8-6-2/h12-13,15-16,29H,5-11,14,17-28H2,1-4H3/t29-/m1/s1. The molecular weight excluding hydrogens is 378 g/mol. The number of hydrogen-bond donors (Lipinski definition) is 0. The highest BCUT2D eigenvalue weighted by Crippen LogP contribution is 2.13. The van der Waals surface area contributed by atoms with Crippen molar-refractivity contribution in [3.05, 3.63) is 24.3 Å². The molecule has 0 aromatic carbocycles. The van der Waals surface area contributed by atoms with Gasteiger partial charge in [-0.25, -0.2) is 0 Å². The third-order valence-electron chi connectivity index (χ3n) is 6.17. The fraction of sp³-hybridized carbons (Fsp3) is 0.862. The first kappa shape index (κ1) is 30.4. The van der Waals surface area contributed by atoms with E-state index in [2.05, 4.69) is 57.1 Å². The lowest BCUT2D eigenvalue weighted by Crippen LogP contribution is -2.32. The molecule has 0 N–H and O–H groups in total. The summed E-state index contributed by atoms with van der Waals surface area (Å²) in [4.78, 5) is 2.35. The van der Waals surface area contributed by atoms with Crippen molar-refractivity contribution in [3.8, 4) is 0 Å². The van der Waals surface area contributed by atoms with E-state index in [0.717, 1.165) is 19.6 Å². The monoisotopic (exact) mass is 435 g/mol. The van der Waals surface area contributed by atoms with E-state index < -0.39 is 0 Å². The number of ether oxygens (including phenoxy) is 1. The minimum absolute atomic E-state index is 0.587. The topological polar surface area (TPSA) is 12.5 Å². The number of unbranched alkanes of at least 4 members (excludes halogenated alkanes) is 13. The molecule has 2 nitrogen and oxygen atoms in total. The second-order valence-electron chi connectivity index (χ2n) is 9.48. The first-order valence-corrected chi connectivity index (χ1v) is 13.8. The van der Waals surface area contributed by atoms with Crippen molar-refractivity contribution in [2.24, 2.45) is 0 Å². The number of hydrogen-bond acceptors (Lipinski definition) is 2. The third kappa shape index (κ3) is 23.9. The van der Waals surface area contributed by atoms with Gasteiger partial charge in [0.25, 0.3) is 0 Å². The highest BCUT2D eigenvalue weighted by atomic mass is 16.5. The largest absolute Gasteiger partial charge is 0.380 e. The molecule has 0 aromatic heterocycles. The first-order chi connectivity index (χ1) is 15.2. The van der Waals surface area contributed by atoms with Crippen LogP contribution in [0.5, 0.6) is 0 Å². The van der Waals surface area contributed by atoms with E-state index in [1.165, 1.54) is 109 Å². The lowest BCUT2D eigenvalue weighted by molar-refractivity contribution is 0.0722. The minimum Gasteiger partial charge on any atom is -0.380 e. The number of allylic oxidation sites excluding steroid dienone is 4. The van der Waals surface area contributed by atoms with Crippen LogP contribution in [0.15, 0.2) is 24.3 Å². The van der Waals surface area contributed by atoms with Gasteiger partial charge in [0.15, 0.2) is 0 Å². The number of likely N-dealkylation sites (N-methyl/N-ethyl adjacent to an activating group) is 1. The van der Waals surface area contributed by atoms with Crippen LogP contribution in [-0.2, 0) is 4.74 Å². The van der Waals surface area contributed by atoms with E-state index in [1.807, 2.05) is 0 Å². The Morgan fingerprint density at radius 2 is 1.13 bits per heavy atom. The molecule has 0 spiro atoms. The van der Waals surface area contributed by atoms with Crippen LogP contribution < -0.4 is 0 Å². The van der Waals surface area contributed by atoms with Crippen LogP contribution in [0.3, 0.4) is 0 Å². The Morgan fingerprint density at radius 3 is 1.74 bits per heavy atom. The number of rotatable bonds is 24. The van der Waals surface area contributed by atoms with Gasteiger partial charge >= 0.3 is 0 Å². The van der Waals surface area contributed by atoms with E-state index in [0.29, 0.717) is 6.04 Å². The molecule has 0 amide bonds. The first-order valence-electron chi connectivity index (χ1n) is 13.8. The fourth-order valence-corrected chi connectivity index (χ4v) is 3.89. The Labute approximate surface area is 196 Å². The van der Waals surface area contributed by atoms with Crippen molar-refractivity contribution in [1.29, 1.82) is 0 Å². The van der Waals surface area contributed by atoms with Crippen molar-refractivity contribution in [2.75, 3.05) is 27.3 Å². The van der Waals surface area contributed by atoms with Gasteiger partial charge in [0, 0.05) is 12.6 Å². The van der Waals surface area contributed by atoms with Gasteiger partial charge in [0.2, 0.25) is 0 Å². The molecule has 0 aliphatic heterocycles. The van der Waals surface area contributed by atoms with Crippen LogP contribution >= 0.6 is 0 Å². The summed E-state index contributed by atoms with van der Waals surface area (Å²) in [6.45, 7) is 6.37. The summed E-state index contributed by atoms with van der Waals surface area (Å²) in [6, 6.07) is 0.587. The zero-order valence-electron chi connectivity index (χ0n) is 21.9. The Morgan fingerprint density at radius 1 is 0.613 bits per heavy atom. The van der Waals surface area contributed by atoms with Gasteiger partial charge in [0.1, 0.15) is 0 Å². The maximum atomic E-state index is 5.94. The average Bonchev–Trinajstić information content (AvgIpc) is 2.76.